The van der Waals surface area contributed by atoms with E-state index in [0.717, 1.165) is 17.5 Å². The van der Waals surface area contributed by atoms with Gasteiger partial charge in [0.25, 0.3) is 5.91 Å². The first-order chi connectivity index (χ1) is 16.6. The molecule has 0 aliphatic heterocycles. The number of alkyl halides is 3. The van der Waals surface area contributed by atoms with Gasteiger partial charge in [-0.25, -0.2) is 4.79 Å². The van der Waals surface area contributed by atoms with Gasteiger partial charge in [0.05, 0.1) is 11.1 Å². The van der Waals surface area contributed by atoms with Crippen LogP contribution in [0.2, 0.25) is 0 Å². The number of aliphatic hydroxyl groups excluding tert-OH is 1. The van der Waals surface area contributed by atoms with Crippen molar-refractivity contribution in [2.45, 2.75) is 18.8 Å². The molecular formula is C27H20F3NO4. The standard InChI is InChI=1S/C27H20F3NO4/c28-27(29,30)23-11-1-16(2-12-23)15-31-25(33)21-10-4-17-3-9-20(13-22(17)14-21)24(32)18-5-7-19(8-6-18)26(34)35/h1-14,24,32H,15H2,(H,31,33)(H,34,35). The Morgan fingerprint density at radius 2 is 1.37 bits per heavy atom. The highest BCUT2D eigenvalue weighted by atomic mass is 19.4. The van der Waals surface area contributed by atoms with Crippen molar-refractivity contribution < 1.29 is 33.0 Å². The van der Waals surface area contributed by atoms with E-state index in [2.05, 4.69) is 5.32 Å². The zero-order chi connectivity index (χ0) is 25.2. The molecule has 0 fully saturated rings. The number of carboxylic acid groups (broad SMARTS) is 1. The lowest BCUT2D eigenvalue weighted by atomic mass is 9.97. The molecule has 8 heteroatoms. The van der Waals surface area contributed by atoms with Gasteiger partial charge in [0.15, 0.2) is 0 Å². The zero-order valence-corrected chi connectivity index (χ0v) is 18.2. The third-order valence-corrected chi connectivity index (χ3v) is 5.65. The molecule has 0 aliphatic rings. The molecule has 178 valence electrons. The van der Waals surface area contributed by atoms with Crippen LogP contribution in [0.15, 0.2) is 84.9 Å². The lowest BCUT2D eigenvalue weighted by molar-refractivity contribution is -0.137. The van der Waals surface area contributed by atoms with Crippen molar-refractivity contribution in [3.63, 3.8) is 0 Å². The highest BCUT2D eigenvalue weighted by Crippen LogP contribution is 2.29. The van der Waals surface area contributed by atoms with E-state index >= 15 is 0 Å². The summed E-state index contributed by atoms with van der Waals surface area (Å²) in [5.74, 6) is -1.44. The summed E-state index contributed by atoms with van der Waals surface area (Å²) in [6, 6.07) is 20.9. The van der Waals surface area contributed by atoms with Gasteiger partial charge in [-0.2, -0.15) is 13.2 Å². The van der Waals surface area contributed by atoms with E-state index in [1.165, 1.54) is 24.3 Å². The third-order valence-electron chi connectivity index (χ3n) is 5.65. The van der Waals surface area contributed by atoms with E-state index in [1.807, 2.05) is 6.07 Å². The molecular weight excluding hydrogens is 459 g/mol. The Labute approximate surface area is 198 Å². The number of carboxylic acids is 1. The molecule has 0 saturated heterocycles. The van der Waals surface area contributed by atoms with Crippen LogP contribution in [-0.2, 0) is 12.7 Å². The van der Waals surface area contributed by atoms with Crippen LogP contribution in [0, 0.1) is 0 Å². The molecule has 4 rings (SSSR count). The fourth-order valence-electron chi connectivity index (χ4n) is 3.67. The molecule has 0 aromatic heterocycles. The molecule has 4 aromatic rings. The number of aliphatic hydroxyl groups is 1. The summed E-state index contributed by atoms with van der Waals surface area (Å²) < 4.78 is 38.1. The highest BCUT2D eigenvalue weighted by Gasteiger charge is 2.29. The van der Waals surface area contributed by atoms with Crippen molar-refractivity contribution in [3.8, 4) is 0 Å². The van der Waals surface area contributed by atoms with Crippen molar-refractivity contribution in [3.05, 3.63) is 118 Å². The van der Waals surface area contributed by atoms with Gasteiger partial charge < -0.3 is 15.5 Å². The summed E-state index contributed by atoms with van der Waals surface area (Å²) >= 11 is 0. The number of benzene rings is 4. The largest absolute Gasteiger partial charge is 0.478 e. The molecule has 5 nitrogen and oxygen atoms in total. The number of hydrogen-bond acceptors (Lipinski definition) is 3. The van der Waals surface area contributed by atoms with Crippen LogP contribution < -0.4 is 5.32 Å². The fraction of sp³-hybridized carbons (Fsp3) is 0.111. The van der Waals surface area contributed by atoms with Gasteiger partial charge in [0.2, 0.25) is 0 Å². The topological polar surface area (TPSA) is 86.6 Å². The lowest BCUT2D eigenvalue weighted by Crippen LogP contribution is -2.22. The predicted molar refractivity (Wildman–Crippen MR) is 124 cm³/mol. The minimum Gasteiger partial charge on any atom is -0.478 e. The number of carbonyl (C=O) groups is 2. The first-order valence-electron chi connectivity index (χ1n) is 10.6. The molecule has 4 aromatic carbocycles. The summed E-state index contributed by atoms with van der Waals surface area (Å²) in [5.41, 5.74) is 1.36. The third kappa shape index (κ3) is 5.50. The molecule has 35 heavy (non-hydrogen) atoms. The van der Waals surface area contributed by atoms with Crippen molar-refractivity contribution >= 4 is 22.6 Å². The highest BCUT2D eigenvalue weighted by molar-refractivity contribution is 5.98. The summed E-state index contributed by atoms with van der Waals surface area (Å²) in [6.07, 6.45) is -5.40. The van der Waals surface area contributed by atoms with Gasteiger partial charge in [-0.1, -0.05) is 42.5 Å². The number of carbonyl (C=O) groups excluding carboxylic acids is 1. The van der Waals surface area contributed by atoms with Gasteiger partial charge in [0, 0.05) is 12.1 Å². The number of amides is 1. The summed E-state index contributed by atoms with van der Waals surface area (Å²) in [5, 5.41) is 24.0. The molecule has 0 radical (unpaired) electrons. The number of fused-ring (bicyclic) bond motifs is 1. The number of halogens is 3. The van der Waals surface area contributed by atoms with Crippen LogP contribution in [0.5, 0.6) is 0 Å². The molecule has 1 unspecified atom stereocenters. The molecule has 0 spiro atoms. The van der Waals surface area contributed by atoms with E-state index in [-0.39, 0.29) is 18.0 Å². The number of aromatic carboxylic acids is 1. The van der Waals surface area contributed by atoms with Gasteiger partial charge in [0.1, 0.15) is 6.10 Å². The van der Waals surface area contributed by atoms with E-state index in [9.17, 15) is 27.9 Å². The second kappa shape index (κ2) is 9.60. The molecule has 3 N–H and O–H groups in total. The predicted octanol–water partition coefficient (Wildman–Crippen LogP) is 5.57. The smallest absolute Gasteiger partial charge is 0.416 e. The van der Waals surface area contributed by atoms with Crippen LogP contribution in [0.4, 0.5) is 13.2 Å². The Bertz CT molecular complexity index is 1380. The average molecular weight is 479 g/mol. The zero-order valence-electron chi connectivity index (χ0n) is 18.2. The molecule has 0 heterocycles. The number of rotatable bonds is 6. The molecule has 0 saturated carbocycles. The number of nitrogens with one attached hydrogen (secondary N) is 1. The molecule has 1 atom stereocenters. The normalized spacial score (nSPS) is 12.3. The second-order valence-corrected chi connectivity index (χ2v) is 8.03. The summed E-state index contributed by atoms with van der Waals surface area (Å²) in [6.45, 7) is 0.0695. The Hall–Kier alpha value is -4.17. The van der Waals surface area contributed by atoms with Crippen LogP contribution in [0.1, 0.15) is 49.1 Å². The van der Waals surface area contributed by atoms with Crippen LogP contribution >= 0.6 is 0 Å². The van der Waals surface area contributed by atoms with E-state index in [1.54, 1.807) is 42.5 Å². The Kier molecular flexibility index (Phi) is 6.57. The van der Waals surface area contributed by atoms with Gasteiger partial charge in [-0.15, -0.1) is 0 Å². The van der Waals surface area contributed by atoms with E-state index in [4.69, 9.17) is 5.11 Å². The SMILES string of the molecule is O=C(O)c1ccc(C(O)c2ccc3ccc(C(=O)NCc4ccc(C(F)(F)F)cc4)cc3c2)cc1. The Balaban J connectivity index is 1.49. The van der Waals surface area contributed by atoms with E-state index < -0.39 is 23.8 Å². The van der Waals surface area contributed by atoms with Crippen LogP contribution in [0.3, 0.4) is 0 Å². The quantitative estimate of drug-likeness (QED) is 0.338. The fourth-order valence-corrected chi connectivity index (χ4v) is 3.67. The van der Waals surface area contributed by atoms with E-state index in [0.29, 0.717) is 27.6 Å². The first-order valence-corrected chi connectivity index (χ1v) is 10.6. The first kappa shape index (κ1) is 24.0. The minimum absolute atomic E-state index is 0.0695. The number of hydrogen-bond donors (Lipinski definition) is 3. The second-order valence-electron chi connectivity index (χ2n) is 8.03. The van der Waals surface area contributed by atoms with Gasteiger partial charge in [-0.05, 0) is 69.9 Å². The summed E-state index contributed by atoms with van der Waals surface area (Å²) in [7, 11) is 0. The summed E-state index contributed by atoms with van der Waals surface area (Å²) in [4.78, 5) is 23.7. The van der Waals surface area contributed by atoms with Crippen molar-refractivity contribution in [2.24, 2.45) is 0 Å². The molecule has 0 aliphatic carbocycles. The van der Waals surface area contributed by atoms with Crippen molar-refractivity contribution in [1.29, 1.82) is 0 Å². The average Bonchev–Trinajstić information content (AvgIpc) is 2.86. The van der Waals surface area contributed by atoms with Gasteiger partial charge >= 0.3 is 12.1 Å². The molecule has 0 bridgehead atoms. The van der Waals surface area contributed by atoms with Crippen molar-refractivity contribution in [1.82, 2.24) is 5.32 Å². The van der Waals surface area contributed by atoms with Crippen LogP contribution in [-0.4, -0.2) is 22.1 Å². The Morgan fingerprint density at radius 1 is 0.771 bits per heavy atom. The molecule has 1 amide bonds. The van der Waals surface area contributed by atoms with Crippen molar-refractivity contribution in [2.75, 3.05) is 0 Å². The maximum Gasteiger partial charge on any atom is 0.416 e. The van der Waals surface area contributed by atoms with Crippen LogP contribution in [0.25, 0.3) is 10.8 Å². The Morgan fingerprint density at radius 3 is 2.00 bits per heavy atom. The maximum atomic E-state index is 12.7. The van der Waals surface area contributed by atoms with Gasteiger partial charge in [-0.3, -0.25) is 4.79 Å². The minimum atomic E-state index is -4.42. The maximum absolute atomic E-state index is 12.7. The lowest BCUT2D eigenvalue weighted by Gasteiger charge is -2.13. The monoisotopic (exact) mass is 479 g/mol.